The molecule has 86 valence electrons. The summed E-state index contributed by atoms with van der Waals surface area (Å²) in [5.41, 5.74) is 1.91. The van der Waals surface area contributed by atoms with Crippen molar-refractivity contribution in [2.24, 2.45) is 0 Å². The van der Waals surface area contributed by atoms with E-state index in [1.807, 2.05) is 24.3 Å². The van der Waals surface area contributed by atoms with Crippen molar-refractivity contribution in [1.29, 1.82) is 0 Å². The third-order valence-electron chi connectivity index (χ3n) is 2.70. The molecular formula is C12H14ClNO2. The van der Waals surface area contributed by atoms with Crippen LogP contribution in [0, 0.1) is 0 Å². The van der Waals surface area contributed by atoms with Crippen molar-refractivity contribution in [1.82, 2.24) is 0 Å². The van der Waals surface area contributed by atoms with E-state index >= 15 is 0 Å². The van der Waals surface area contributed by atoms with Gasteiger partial charge in [-0.15, -0.1) is 11.6 Å². The highest BCUT2D eigenvalue weighted by Crippen LogP contribution is 2.24. The number of halogens is 1. The van der Waals surface area contributed by atoms with Crippen molar-refractivity contribution in [3.63, 3.8) is 0 Å². The van der Waals surface area contributed by atoms with Crippen molar-refractivity contribution < 1.29 is 9.90 Å². The number of aliphatic hydroxyl groups excluding tert-OH is 1. The van der Waals surface area contributed by atoms with E-state index in [9.17, 15) is 4.79 Å². The fourth-order valence-corrected chi connectivity index (χ4v) is 2.19. The predicted molar refractivity (Wildman–Crippen MR) is 63.8 cm³/mol. The molecule has 1 aliphatic heterocycles. The minimum Gasteiger partial charge on any atom is -0.396 e. The number of aliphatic hydroxyl groups is 1. The molecule has 0 spiro atoms. The van der Waals surface area contributed by atoms with Gasteiger partial charge in [0, 0.05) is 25.3 Å². The van der Waals surface area contributed by atoms with Crippen LogP contribution in [0.1, 0.15) is 12.0 Å². The number of amides is 1. The van der Waals surface area contributed by atoms with E-state index in [-0.39, 0.29) is 17.9 Å². The predicted octanol–water partition coefficient (Wildman–Crippen LogP) is 1.57. The zero-order chi connectivity index (χ0) is 11.5. The summed E-state index contributed by atoms with van der Waals surface area (Å²) in [6, 6.07) is 7.67. The average Bonchev–Trinajstić information content (AvgIpc) is 2.59. The largest absolute Gasteiger partial charge is 0.396 e. The van der Waals surface area contributed by atoms with Crippen molar-refractivity contribution in [3.05, 3.63) is 29.8 Å². The number of carbonyl (C=O) groups is 1. The molecule has 3 nitrogen and oxygen atoms in total. The molecule has 4 heteroatoms. The van der Waals surface area contributed by atoms with Gasteiger partial charge in [0.15, 0.2) is 0 Å². The van der Waals surface area contributed by atoms with Crippen LogP contribution in [0.3, 0.4) is 0 Å². The SMILES string of the molecule is O=C1CC(Cl)CN1c1cccc(CCO)c1. The Morgan fingerprint density at radius 2 is 2.31 bits per heavy atom. The molecule has 1 unspecified atom stereocenters. The standard InChI is InChI=1S/C12H14ClNO2/c13-10-7-12(16)14(8-10)11-3-1-2-9(6-11)4-5-15/h1-3,6,10,15H,4-5,7-8H2. The van der Waals surface area contributed by atoms with E-state index in [0.29, 0.717) is 19.4 Å². The first kappa shape index (κ1) is 11.4. The lowest BCUT2D eigenvalue weighted by Gasteiger charge is -2.16. The highest BCUT2D eigenvalue weighted by molar-refractivity contribution is 6.24. The molecule has 2 rings (SSSR count). The normalized spacial score (nSPS) is 20.5. The van der Waals surface area contributed by atoms with E-state index in [0.717, 1.165) is 11.3 Å². The molecule has 1 saturated heterocycles. The molecule has 0 radical (unpaired) electrons. The molecule has 1 N–H and O–H groups in total. The second kappa shape index (κ2) is 4.85. The van der Waals surface area contributed by atoms with Crippen LogP contribution in [0.2, 0.25) is 0 Å². The molecule has 1 fully saturated rings. The first-order chi connectivity index (χ1) is 7.70. The minimum atomic E-state index is -0.0889. The molecule has 0 aliphatic carbocycles. The summed E-state index contributed by atoms with van der Waals surface area (Å²) < 4.78 is 0. The number of nitrogens with zero attached hydrogens (tertiary/aromatic N) is 1. The molecule has 1 heterocycles. The summed E-state index contributed by atoms with van der Waals surface area (Å²) in [5.74, 6) is 0.0705. The summed E-state index contributed by atoms with van der Waals surface area (Å²) in [7, 11) is 0. The van der Waals surface area contributed by atoms with Crippen molar-refractivity contribution in [3.8, 4) is 0 Å². The summed E-state index contributed by atoms with van der Waals surface area (Å²) in [6.07, 6.45) is 1.02. The second-order valence-corrected chi connectivity index (χ2v) is 4.57. The Labute approximate surface area is 99.6 Å². The fraction of sp³-hybridized carbons (Fsp3) is 0.417. The molecule has 1 aliphatic rings. The van der Waals surface area contributed by atoms with Crippen LogP contribution in [0.5, 0.6) is 0 Å². The molecule has 1 aromatic rings. The number of benzene rings is 1. The maximum atomic E-state index is 11.6. The number of anilines is 1. The monoisotopic (exact) mass is 239 g/mol. The smallest absolute Gasteiger partial charge is 0.228 e. The number of rotatable bonds is 3. The molecular weight excluding hydrogens is 226 g/mol. The van der Waals surface area contributed by atoms with E-state index in [1.165, 1.54) is 0 Å². The third kappa shape index (κ3) is 2.36. The van der Waals surface area contributed by atoms with Crippen LogP contribution in [0.15, 0.2) is 24.3 Å². The van der Waals surface area contributed by atoms with Crippen LogP contribution >= 0.6 is 11.6 Å². The van der Waals surface area contributed by atoms with Crippen LogP contribution in [0.25, 0.3) is 0 Å². The lowest BCUT2D eigenvalue weighted by molar-refractivity contribution is -0.117. The molecule has 1 aromatic carbocycles. The lowest BCUT2D eigenvalue weighted by atomic mass is 10.1. The van der Waals surface area contributed by atoms with Gasteiger partial charge in [0.2, 0.25) is 5.91 Å². The Kier molecular flexibility index (Phi) is 3.46. The summed E-state index contributed by atoms with van der Waals surface area (Å²) in [5, 5.41) is 8.78. The third-order valence-corrected chi connectivity index (χ3v) is 2.99. The highest BCUT2D eigenvalue weighted by Gasteiger charge is 2.28. The Balaban J connectivity index is 2.20. The summed E-state index contributed by atoms with van der Waals surface area (Å²) in [6.45, 7) is 0.693. The van der Waals surface area contributed by atoms with Crippen molar-refractivity contribution >= 4 is 23.2 Å². The number of hydrogen-bond donors (Lipinski definition) is 1. The number of hydrogen-bond acceptors (Lipinski definition) is 2. The van der Waals surface area contributed by atoms with Crippen molar-refractivity contribution in [2.45, 2.75) is 18.2 Å². The molecule has 0 saturated carbocycles. The van der Waals surface area contributed by atoms with Crippen LogP contribution in [-0.4, -0.2) is 29.5 Å². The molecule has 16 heavy (non-hydrogen) atoms. The number of carbonyl (C=O) groups excluding carboxylic acids is 1. The van der Waals surface area contributed by atoms with Gasteiger partial charge in [-0.3, -0.25) is 4.79 Å². The maximum Gasteiger partial charge on any atom is 0.228 e. The highest BCUT2D eigenvalue weighted by atomic mass is 35.5. The maximum absolute atomic E-state index is 11.6. The van der Waals surface area contributed by atoms with Gasteiger partial charge in [-0.2, -0.15) is 0 Å². The molecule has 1 amide bonds. The Morgan fingerprint density at radius 1 is 1.50 bits per heavy atom. The topological polar surface area (TPSA) is 40.5 Å². The van der Waals surface area contributed by atoms with Crippen LogP contribution in [0.4, 0.5) is 5.69 Å². The number of alkyl halides is 1. The van der Waals surface area contributed by atoms with E-state index < -0.39 is 0 Å². The average molecular weight is 240 g/mol. The van der Waals surface area contributed by atoms with Gasteiger partial charge in [0.1, 0.15) is 0 Å². The van der Waals surface area contributed by atoms with E-state index in [2.05, 4.69) is 0 Å². The van der Waals surface area contributed by atoms with E-state index in [4.69, 9.17) is 16.7 Å². The fourth-order valence-electron chi connectivity index (χ4n) is 1.92. The van der Waals surface area contributed by atoms with Gasteiger partial charge in [0.25, 0.3) is 0 Å². The summed E-state index contributed by atoms with van der Waals surface area (Å²) in [4.78, 5) is 13.4. The Hall–Kier alpha value is -1.06. The van der Waals surface area contributed by atoms with Gasteiger partial charge in [0.05, 0.1) is 5.38 Å². The van der Waals surface area contributed by atoms with Gasteiger partial charge in [-0.1, -0.05) is 12.1 Å². The van der Waals surface area contributed by atoms with Crippen LogP contribution < -0.4 is 4.90 Å². The molecule has 0 bridgehead atoms. The Bertz CT molecular complexity index is 394. The molecule has 1 atom stereocenters. The van der Waals surface area contributed by atoms with E-state index in [1.54, 1.807) is 4.90 Å². The first-order valence-corrected chi connectivity index (χ1v) is 5.78. The van der Waals surface area contributed by atoms with Gasteiger partial charge in [-0.05, 0) is 24.1 Å². The van der Waals surface area contributed by atoms with Crippen LogP contribution in [-0.2, 0) is 11.2 Å². The van der Waals surface area contributed by atoms with Gasteiger partial charge < -0.3 is 10.0 Å². The lowest BCUT2D eigenvalue weighted by Crippen LogP contribution is -2.24. The quantitative estimate of drug-likeness (QED) is 0.814. The van der Waals surface area contributed by atoms with Gasteiger partial charge >= 0.3 is 0 Å². The molecule has 0 aromatic heterocycles. The first-order valence-electron chi connectivity index (χ1n) is 5.35. The summed E-state index contributed by atoms with van der Waals surface area (Å²) >= 11 is 5.95. The zero-order valence-electron chi connectivity index (χ0n) is 8.90. The zero-order valence-corrected chi connectivity index (χ0v) is 9.65. The minimum absolute atomic E-state index is 0.0705. The second-order valence-electron chi connectivity index (χ2n) is 3.95. The van der Waals surface area contributed by atoms with Crippen molar-refractivity contribution in [2.75, 3.05) is 18.1 Å². The Morgan fingerprint density at radius 3 is 2.94 bits per heavy atom. The van der Waals surface area contributed by atoms with Gasteiger partial charge in [-0.25, -0.2) is 0 Å².